The van der Waals surface area contributed by atoms with E-state index < -0.39 is 0 Å². The average molecular weight is 208 g/mol. The van der Waals surface area contributed by atoms with E-state index in [1.54, 1.807) is 33.2 Å². The zero-order chi connectivity index (χ0) is 11.4. The van der Waals surface area contributed by atoms with Crippen LogP contribution < -0.4 is 9.64 Å². The van der Waals surface area contributed by atoms with E-state index in [1.807, 2.05) is 24.3 Å². The van der Waals surface area contributed by atoms with Crippen LogP contribution in [0.15, 0.2) is 24.3 Å². The van der Waals surface area contributed by atoms with Crippen LogP contribution in [0.2, 0.25) is 0 Å². The number of anilines is 1. The molecule has 0 saturated heterocycles. The lowest BCUT2D eigenvalue weighted by Gasteiger charge is -2.23. The molecule has 4 nitrogen and oxygen atoms in total. The van der Waals surface area contributed by atoms with Gasteiger partial charge in [-0.15, -0.1) is 0 Å². The summed E-state index contributed by atoms with van der Waals surface area (Å²) in [4.78, 5) is 14.8. The zero-order valence-electron chi connectivity index (χ0n) is 9.52. The van der Waals surface area contributed by atoms with Crippen molar-refractivity contribution in [2.75, 3.05) is 33.2 Å². The van der Waals surface area contributed by atoms with E-state index in [0.717, 1.165) is 5.69 Å². The topological polar surface area (TPSA) is 32.8 Å². The molecular weight excluding hydrogens is 192 g/mol. The quantitative estimate of drug-likeness (QED) is 0.742. The maximum atomic E-state index is 11.7. The van der Waals surface area contributed by atoms with Gasteiger partial charge < -0.3 is 9.64 Å². The molecule has 0 N–H and O–H groups in total. The number of nitrogens with zero attached hydrogens (tertiary/aromatic N) is 2. The highest BCUT2D eigenvalue weighted by molar-refractivity contribution is 5.92. The van der Waals surface area contributed by atoms with Gasteiger partial charge in [0, 0.05) is 21.1 Å². The van der Waals surface area contributed by atoms with Crippen molar-refractivity contribution < 1.29 is 9.53 Å². The van der Waals surface area contributed by atoms with Crippen molar-refractivity contribution in [3.8, 4) is 5.75 Å². The van der Waals surface area contributed by atoms with Crippen molar-refractivity contribution in [2.24, 2.45) is 0 Å². The summed E-state index contributed by atoms with van der Waals surface area (Å²) in [7, 11) is 6.75. The van der Waals surface area contributed by atoms with Gasteiger partial charge in [-0.25, -0.2) is 4.79 Å². The highest BCUT2D eigenvalue weighted by Gasteiger charge is 2.15. The number of urea groups is 1. The average Bonchev–Trinajstić information content (AvgIpc) is 2.26. The Bertz CT molecular complexity index is 350. The zero-order valence-corrected chi connectivity index (χ0v) is 9.52. The van der Waals surface area contributed by atoms with Crippen molar-refractivity contribution in [3.05, 3.63) is 24.3 Å². The number of amides is 2. The van der Waals surface area contributed by atoms with E-state index in [0.29, 0.717) is 5.75 Å². The molecule has 0 spiro atoms. The molecule has 0 fully saturated rings. The number of benzene rings is 1. The van der Waals surface area contributed by atoms with Gasteiger partial charge in [-0.1, -0.05) is 12.1 Å². The maximum absolute atomic E-state index is 11.7. The predicted octanol–water partition coefficient (Wildman–Crippen LogP) is 1.81. The van der Waals surface area contributed by atoms with Crippen molar-refractivity contribution in [3.63, 3.8) is 0 Å². The summed E-state index contributed by atoms with van der Waals surface area (Å²) in [6.07, 6.45) is 0. The molecule has 1 rings (SSSR count). The summed E-state index contributed by atoms with van der Waals surface area (Å²) < 4.78 is 5.18. The summed E-state index contributed by atoms with van der Waals surface area (Å²) >= 11 is 0. The first-order valence-corrected chi connectivity index (χ1v) is 4.66. The first-order chi connectivity index (χ1) is 7.07. The van der Waals surface area contributed by atoms with Crippen molar-refractivity contribution in [1.82, 2.24) is 4.90 Å². The highest BCUT2D eigenvalue weighted by Crippen LogP contribution is 2.26. The molecule has 82 valence electrons. The minimum absolute atomic E-state index is 0.0838. The van der Waals surface area contributed by atoms with Gasteiger partial charge in [0.1, 0.15) is 5.75 Å². The molecule has 4 heteroatoms. The van der Waals surface area contributed by atoms with E-state index in [1.165, 1.54) is 4.90 Å². The first kappa shape index (κ1) is 11.4. The van der Waals surface area contributed by atoms with E-state index in [9.17, 15) is 4.79 Å². The molecule has 0 aliphatic heterocycles. The van der Waals surface area contributed by atoms with Gasteiger partial charge >= 0.3 is 6.03 Å². The molecule has 0 saturated carbocycles. The molecule has 0 radical (unpaired) electrons. The van der Waals surface area contributed by atoms with Gasteiger partial charge in [-0.2, -0.15) is 0 Å². The Kier molecular flexibility index (Phi) is 3.55. The monoisotopic (exact) mass is 208 g/mol. The van der Waals surface area contributed by atoms with Gasteiger partial charge in [-0.05, 0) is 12.1 Å². The maximum Gasteiger partial charge on any atom is 0.323 e. The molecule has 0 atom stereocenters. The Hall–Kier alpha value is -1.71. The molecule has 0 bridgehead atoms. The Morgan fingerprint density at radius 3 is 2.33 bits per heavy atom. The van der Waals surface area contributed by atoms with Crippen LogP contribution in [0.4, 0.5) is 10.5 Å². The Morgan fingerprint density at radius 1 is 1.20 bits per heavy atom. The fourth-order valence-corrected chi connectivity index (χ4v) is 1.31. The summed E-state index contributed by atoms with van der Waals surface area (Å²) in [5, 5.41) is 0. The van der Waals surface area contributed by atoms with Gasteiger partial charge in [0.15, 0.2) is 0 Å². The number of para-hydroxylation sites is 2. The van der Waals surface area contributed by atoms with Gasteiger partial charge in [0.2, 0.25) is 0 Å². The molecule has 1 aromatic carbocycles. The molecule has 0 unspecified atom stereocenters. The van der Waals surface area contributed by atoms with E-state index >= 15 is 0 Å². The molecule has 15 heavy (non-hydrogen) atoms. The van der Waals surface area contributed by atoms with E-state index in [-0.39, 0.29) is 6.03 Å². The second-order valence-corrected chi connectivity index (χ2v) is 3.41. The number of ether oxygens (including phenoxy) is 1. The van der Waals surface area contributed by atoms with E-state index in [4.69, 9.17) is 4.74 Å². The number of methoxy groups -OCH3 is 1. The second kappa shape index (κ2) is 4.68. The lowest BCUT2D eigenvalue weighted by Crippen LogP contribution is -2.36. The third-order valence-electron chi connectivity index (χ3n) is 2.12. The van der Waals surface area contributed by atoms with Gasteiger partial charge in [-0.3, -0.25) is 4.90 Å². The Balaban J connectivity index is 3.00. The number of hydrogen-bond donors (Lipinski definition) is 0. The normalized spacial score (nSPS) is 9.60. The van der Waals surface area contributed by atoms with Crippen molar-refractivity contribution in [1.29, 1.82) is 0 Å². The van der Waals surface area contributed by atoms with Gasteiger partial charge in [0.25, 0.3) is 0 Å². The van der Waals surface area contributed by atoms with Crippen LogP contribution in [0.5, 0.6) is 5.75 Å². The fourth-order valence-electron chi connectivity index (χ4n) is 1.31. The first-order valence-electron chi connectivity index (χ1n) is 4.66. The van der Waals surface area contributed by atoms with Crippen molar-refractivity contribution >= 4 is 11.7 Å². The third kappa shape index (κ3) is 2.40. The molecule has 0 aliphatic carbocycles. The van der Waals surface area contributed by atoms with Crippen LogP contribution in [0, 0.1) is 0 Å². The minimum Gasteiger partial charge on any atom is -0.495 e. The standard InChI is InChI=1S/C11H16N2O2/c1-12(2)11(14)13(3)9-7-5-6-8-10(9)15-4/h5-8H,1-4H3. The molecule has 0 aromatic heterocycles. The Morgan fingerprint density at radius 2 is 1.80 bits per heavy atom. The second-order valence-electron chi connectivity index (χ2n) is 3.41. The minimum atomic E-state index is -0.0838. The van der Waals surface area contributed by atoms with Crippen molar-refractivity contribution in [2.45, 2.75) is 0 Å². The summed E-state index contributed by atoms with van der Waals surface area (Å²) in [5.74, 6) is 0.690. The summed E-state index contributed by atoms with van der Waals surface area (Å²) in [6.45, 7) is 0. The SMILES string of the molecule is COc1ccccc1N(C)C(=O)N(C)C. The van der Waals surface area contributed by atoms with Crippen LogP contribution in [0.25, 0.3) is 0 Å². The molecule has 0 aliphatic rings. The third-order valence-corrected chi connectivity index (χ3v) is 2.12. The van der Waals surface area contributed by atoms with Crippen LogP contribution in [-0.2, 0) is 0 Å². The lowest BCUT2D eigenvalue weighted by atomic mass is 10.3. The molecule has 0 heterocycles. The van der Waals surface area contributed by atoms with Crippen LogP contribution >= 0.6 is 0 Å². The summed E-state index contributed by atoms with van der Waals surface area (Å²) in [6, 6.07) is 7.34. The number of hydrogen-bond acceptors (Lipinski definition) is 2. The molecule has 1 aromatic rings. The van der Waals surface area contributed by atoms with Crippen LogP contribution in [-0.4, -0.2) is 39.2 Å². The molecular formula is C11H16N2O2. The fraction of sp³-hybridized carbons (Fsp3) is 0.364. The summed E-state index contributed by atoms with van der Waals surface area (Å²) in [5.41, 5.74) is 0.763. The predicted molar refractivity (Wildman–Crippen MR) is 60.5 cm³/mol. The van der Waals surface area contributed by atoms with E-state index in [2.05, 4.69) is 0 Å². The largest absolute Gasteiger partial charge is 0.495 e. The molecule has 2 amide bonds. The smallest absolute Gasteiger partial charge is 0.323 e. The lowest BCUT2D eigenvalue weighted by molar-refractivity contribution is 0.225. The van der Waals surface area contributed by atoms with Gasteiger partial charge in [0.05, 0.1) is 12.8 Å². The number of carbonyl (C=O) groups is 1. The van der Waals surface area contributed by atoms with Crippen LogP contribution in [0.3, 0.4) is 0 Å². The Labute approximate surface area is 90.1 Å². The highest BCUT2D eigenvalue weighted by atomic mass is 16.5. The number of rotatable bonds is 2. The van der Waals surface area contributed by atoms with Crippen LogP contribution in [0.1, 0.15) is 0 Å². The number of carbonyl (C=O) groups excluding carboxylic acids is 1.